The summed E-state index contributed by atoms with van der Waals surface area (Å²) >= 11 is 1.45. The quantitative estimate of drug-likeness (QED) is 0.704. The Bertz CT molecular complexity index is 998. The molecule has 0 aliphatic carbocycles. The first-order chi connectivity index (χ1) is 13.5. The van der Waals surface area contributed by atoms with Gasteiger partial charge in [0.15, 0.2) is 5.82 Å². The maximum absolute atomic E-state index is 13.2. The number of benzene rings is 2. The summed E-state index contributed by atoms with van der Waals surface area (Å²) in [5.74, 6) is 0.804. The molecule has 0 saturated carbocycles. The lowest BCUT2D eigenvalue weighted by Crippen LogP contribution is -2.41. The van der Waals surface area contributed by atoms with E-state index in [-0.39, 0.29) is 17.2 Å². The normalized spacial score (nSPS) is 18.2. The van der Waals surface area contributed by atoms with E-state index in [0.717, 1.165) is 29.1 Å². The van der Waals surface area contributed by atoms with Gasteiger partial charge in [0.2, 0.25) is 11.1 Å². The highest BCUT2D eigenvalue weighted by Gasteiger charge is 2.37. The highest BCUT2D eigenvalue weighted by atomic mass is 32.2. The summed E-state index contributed by atoms with van der Waals surface area (Å²) in [5.41, 5.74) is 7.62. The Labute approximate surface area is 168 Å². The number of carbonyl (C=O) groups excluding carboxylic acids is 1. The fourth-order valence-corrected chi connectivity index (χ4v) is 4.39. The van der Waals surface area contributed by atoms with Crippen molar-refractivity contribution in [2.24, 2.45) is 0 Å². The molecule has 144 valence electrons. The zero-order valence-electron chi connectivity index (χ0n) is 16.1. The highest BCUT2D eigenvalue weighted by Crippen LogP contribution is 2.37. The Hall–Kier alpha value is -2.80. The van der Waals surface area contributed by atoms with Crippen LogP contribution in [0.1, 0.15) is 35.5 Å². The summed E-state index contributed by atoms with van der Waals surface area (Å²) in [6, 6.07) is 15.9. The van der Waals surface area contributed by atoms with Crippen molar-refractivity contribution in [3.8, 4) is 0 Å². The van der Waals surface area contributed by atoms with Crippen LogP contribution >= 0.6 is 11.8 Å². The lowest BCUT2D eigenvalue weighted by molar-refractivity contribution is -0.116. The second-order valence-corrected chi connectivity index (χ2v) is 8.11. The van der Waals surface area contributed by atoms with Gasteiger partial charge in [-0.05, 0) is 37.1 Å². The number of anilines is 1. The summed E-state index contributed by atoms with van der Waals surface area (Å²) < 4.78 is 1.91. The molecule has 4 rings (SSSR count). The molecular formula is C21H23N5OS. The van der Waals surface area contributed by atoms with E-state index in [4.69, 9.17) is 0 Å². The zero-order chi connectivity index (χ0) is 19.7. The molecule has 1 aliphatic heterocycles. The molecule has 1 amide bonds. The Morgan fingerprint density at radius 2 is 1.93 bits per heavy atom. The molecule has 2 aromatic carbocycles. The molecule has 2 atom stereocenters. The summed E-state index contributed by atoms with van der Waals surface area (Å²) in [6.45, 7) is 6.11. The predicted octanol–water partition coefficient (Wildman–Crippen LogP) is 3.86. The van der Waals surface area contributed by atoms with Crippen molar-refractivity contribution < 1.29 is 4.79 Å². The van der Waals surface area contributed by atoms with Crippen LogP contribution in [0.15, 0.2) is 53.7 Å². The SMILES string of the molecule is CCc1nnc2n1N[C@@H](c1ccc(C)cc1)[C@H](C(=O)Nc1cccc(C)c1)S2. The Morgan fingerprint density at radius 1 is 1.14 bits per heavy atom. The lowest BCUT2D eigenvalue weighted by Gasteiger charge is -2.33. The molecule has 28 heavy (non-hydrogen) atoms. The summed E-state index contributed by atoms with van der Waals surface area (Å²) in [4.78, 5) is 13.2. The van der Waals surface area contributed by atoms with E-state index in [0.29, 0.717) is 5.16 Å². The first kappa shape index (κ1) is 18.6. The molecule has 1 aromatic heterocycles. The molecule has 0 unspecified atom stereocenters. The third kappa shape index (κ3) is 3.62. The first-order valence-corrected chi connectivity index (χ1v) is 10.2. The van der Waals surface area contributed by atoms with Crippen molar-refractivity contribution in [2.45, 2.75) is 43.6 Å². The number of hydrogen-bond donors (Lipinski definition) is 2. The van der Waals surface area contributed by atoms with Crippen molar-refractivity contribution >= 4 is 23.4 Å². The van der Waals surface area contributed by atoms with Gasteiger partial charge in [0.1, 0.15) is 5.25 Å². The molecule has 0 spiro atoms. The maximum Gasteiger partial charge on any atom is 0.240 e. The number of thioether (sulfide) groups is 1. The van der Waals surface area contributed by atoms with E-state index in [2.05, 4.69) is 52.1 Å². The molecule has 6 nitrogen and oxygen atoms in total. The molecule has 2 N–H and O–H groups in total. The van der Waals surface area contributed by atoms with Gasteiger partial charge in [-0.3, -0.25) is 4.79 Å². The number of nitrogens with one attached hydrogen (secondary N) is 2. The molecule has 3 aromatic rings. The van der Waals surface area contributed by atoms with Crippen molar-refractivity contribution in [3.63, 3.8) is 0 Å². The fraction of sp³-hybridized carbons (Fsp3) is 0.286. The van der Waals surface area contributed by atoms with Crippen LogP contribution in [0, 0.1) is 13.8 Å². The predicted molar refractivity (Wildman–Crippen MR) is 112 cm³/mol. The van der Waals surface area contributed by atoms with Gasteiger partial charge >= 0.3 is 0 Å². The largest absolute Gasteiger partial charge is 0.325 e. The van der Waals surface area contributed by atoms with Crippen LogP contribution in [-0.2, 0) is 11.2 Å². The average molecular weight is 394 g/mol. The lowest BCUT2D eigenvalue weighted by atomic mass is 10.0. The maximum atomic E-state index is 13.2. The van der Waals surface area contributed by atoms with Crippen LogP contribution in [0.25, 0.3) is 0 Å². The van der Waals surface area contributed by atoms with Gasteiger partial charge in [0.25, 0.3) is 0 Å². The molecule has 0 bridgehead atoms. The van der Waals surface area contributed by atoms with Gasteiger partial charge in [0, 0.05) is 12.1 Å². The van der Waals surface area contributed by atoms with Gasteiger partial charge in [-0.2, -0.15) is 0 Å². The molecule has 1 aliphatic rings. The minimum Gasteiger partial charge on any atom is -0.325 e. The number of carbonyl (C=O) groups is 1. The summed E-state index contributed by atoms with van der Waals surface area (Å²) in [7, 11) is 0. The number of amides is 1. The van der Waals surface area contributed by atoms with Crippen LogP contribution in [0.3, 0.4) is 0 Å². The van der Waals surface area contributed by atoms with E-state index in [1.54, 1.807) is 0 Å². The van der Waals surface area contributed by atoms with Crippen LogP contribution in [0.2, 0.25) is 0 Å². The van der Waals surface area contributed by atoms with Gasteiger partial charge in [0.05, 0.1) is 6.04 Å². The average Bonchev–Trinajstić information content (AvgIpc) is 3.09. The smallest absolute Gasteiger partial charge is 0.240 e. The third-order valence-corrected chi connectivity index (χ3v) is 6.02. The van der Waals surface area contributed by atoms with Crippen molar-refractivity contribution in [1.82, 2.24) is 14.9 Å². The Kier molecular flexibility index (Phi) is 5.09. The van der Waals surface area contributed by atoms with E-state index in [9.17, 15) is 4.79 Å². The number of aromatic nitrogens is 3. The standard InChI is InChI=1S/C21H23N5OS/c1-4-17-23-24-21-26(17)25-18(15-10-8-13(2)9-11-15)19(28-21)20(27)22-16-7-5-6-14(3)12-16/h5-12,18-19,25H,4H2,1-3H3,(H,22,27)/t18-,19+/m0/s1. The molecule has 7 heteroatoms. The van der Waals surface area contributed by atoms with Crippen LogP contribution < -0.4 is 10.7 Å². The highest BCUT2D eigenvalue weighted by molar-refractivity contribution is 8.00. The Morgan fingerprint density at radius 3 is 2.64 bits per heavy atom. The monoisotopic (exact) mass is 393 g/mol. The van der Waals surface area contributed by atoms with Gasteiger partial charge in [-0.15, -0.1) is 10.2 Å². The minimum atomic E-state index is -0.371. The minimum absolute atomic E-state index is 0.0547. The second-order valence-electron chi connectivity index (χ2n) is 7.00. The van der Waals surface area contributed by atoms with Crippen molar-refractivity contribution in [1.29, 1.82) is 0 Å². The molecule has 0 radical (unpaired) electrons. The molecule has 2 heterocycles. The molecular weight excluding hydrogens is 370 g/mol. The van der Waals surface area contributed by atoms with E-state index in [1.807, 2.05) is 42.8 Å². The summed E-state index contributed by atoms with van der Waals surface area (Å²) in [5, 5.41) is 11.9. The number of rotatable bonds is 4. The van der Waals surface area contributed by atoms with Gasteiger partial charge in [-0.25, -0.2) is 4.68 Å². The van der Waals surface area contributed by atoms with Gasteiger partial charge < -0.3 is 10.7 Å². The van der Waals surface area contributed by atoms with Crippen molar-refractivity contribution in [3.05, 3.63) is 71.0 Å². The molecule has 0 fully saturated rings. The summed E-state index contributed by atoms with van der Waals surface area (Å²) in [6.07, 6.45) is 0.765. The number of fused-ring (bicyclic) bond motifs is 1. The van der Waals surface area contributed by atoms with Crippen LogP contribution in [0.5, 0.6) is 0 Å². The third-order valence-electron chi connectivity index (χ3n) is 4.80. The van der Waals surface area contributed by atoms with Crippen LogP contribution in [-0.4, -0.2) is 26.0 Å². The van der Waals surface area contributed by atoms with Crippen LogP contribution in [0.4, 0.5) is 5.69 Å². The number of hydrogen-bond acceptors (Lipinski definition) is 5. The van der Waals surface area contributed by atoms with E-state index >= 15 is 0 Å². The number of aryl methyl sites for hydroxylation is 3. The zero-order valence-corrected chi connectivity index (χ0v) is 17.0. The topological polar surface area (TPSA) is 71.8 Å². The van der Waals surface area contributed by atoms with Crippen molar-refractivity contribution in [2.75, 3.05) is 10.7 Å². The second kappa shape index (κ2) is 7.67. The molecule has 0 saturated heterocycles. The van der Waals surface area contributed by atoms with Gasteiger partial charge in [-0.1, -0.05) is 60.6 Å². The van der Waals surface area contributed by atoms with E-state index in [1.165, 1.54) is 17.3 Å². The Balaban J connectivity index is 1.67. The van der Waals surface area contributed by atoms with E-state index < -0.39 is 0 Å². The fourth-order valence-electron chi connectivity index (χ4n) is 3.29. The number of nitrogens with zero attached hydrogens (tertiary/aromatic N) is 3. The first-order valence-electron chi connectivity index (χ1n) is 9.36.